The Balaban J connectivity index is 1.61. The molecule has 2 heterocycles. The van der Waals surface area contributed by atoms with Crippen molar-refractivity contribution in [1.29, 1.82) is 0 Å². The summed E-state index contributed by atoms with van der Waals surface area (Å²) in [7, 11) is 3.30. The van der Waals surface area contributed by atoms with Gasteiger partial charge in [0.1, 0.15) is 11.5 Å². The second kappa shape index (κ2) is 7.76. The molecule has 6 heteroatoms. The van der Waals surface area contributed by atoms with Crippen molar-refractivity contribution in [3.05, 3.63) is 72.1 Å². The lowest BCUT2D eigenvalue weighted by Crippen LogP contribution is -2.30. The topological polar surface area (TPSA) is 56.6 Å². The van der Waals surface area contributed by atoms with Crippen LogP contribution in [-0.4, -0.2) is 41.4 Å². The normalized spacial score (nSPS) is 16.2. The summed E-state index contributed by atoms with van der Waals surface area (Å²) < 4.78 is 12.7. The molecule has 0 spiro atoms. The molecule has 0 bridgehead atoms. The third-order valence-electron chi connectivity index (χ3n) is 5.19. The highest BCUT2D eigenvalue weighted by Crippen LogP contribution is 2.39. The molecule has 4 rings (SSSR count). The van der Waals surface area contributed by atoms with Gasteiger partial charge in [0.15, 0.2) is 0 Å². The smallest absolute Gasteiger partial charge is 0.254 e. The number of carbonyl (C=O) groups is 1. The third-order valence-corrected chi connectivity index (χ3v) is 5.19. The van der Waals surface area contributed by atoms with Crippen LogP contribution in [0.15, 0.2) is 60.9 Å². The van der Waals surface area contributed by atoms with Gasteiger partial charge in [-0.3, -0.25) is 4.79 Å². The highest BCUT2D eigenvalue weighted by atomic mass is 16.5. The minimum Gasteiger partial charge on any atom is -0.497 e. The molecule has 144 valence electrons. The summed E-state index contributed by atoms with van der Waals surface area (Å²) in [5.74, 6) is 1.57. The quantitative estimate of drug-likeness (QED) is 0.677. The number of methoxy groups -OCH3 is 2. The predicted octanol–water partition coefficient (Wildman–Crippen LogP) is 3.87. The van der Waals surface area contributed by atoms with Crippen LogP contribution in [0.25, 0.3) is 5.69 Å². The lowest BCUT2D eigenvalue weighted by molar-refractivity contribution is 0.0734. The molecule has 0 N–H and O–H groups in total. The minimum absolute atomic E-state index is 0.0247. The van der Waals surface area contributed by atoms with E-state index in [1.165, 1.54) is 0 Å². The summed E-state index contributed by atoms with van der Waals surface area (Å²) in [6.07, 6.45) is 5.47. The molecular formula is C22H23N3O3. The maximum absolute atomic E-state index is 13.2. The van der Waals surface area contributed by atoms with Gasteiger partial charge in [0.2, 0.25) is 0 Å². The zero-order chi connectivity index (χ0) is 19.5. The van der Waals surface area contributed by atoms with Crippen molar-refractivity contribution in [2.45, 2.75) is 18.9 Å². The number of carbonyl (C=O) groups excluding carboxylic acids is 1. The Bertz CT molecular complexity index is 952. The summed E-state index contributed by atoms with van der Waals surface area (Å²) in [5.41, 5.74) is 2.58. The van der Waals surface area contributed by atoms with Crippen LogP contribution in [0.2, 0.25) is 0 Å². The average molecular weight is 377 g/mol. The number of aromatic nitrogens is 2. The summed E-state index contributed by atoms with van der Waals surface area (Å²) in [4.78, 5) is 15.1. The molecule has 28 heavy (non-hydrogen) atoms. The number of likely N-dealkylation sites (tertiary alicyclic amines) is 1. The number of nitrogens with zero attached hydrogens (tertiary/aromatic N) is 3. The molecule has 0 saturated carbocycles. The Morgan fingerprint density at radius 3 is 2.61 bits per heavy atom. The van der Waals surface area contributed by atoms with E-state index >= 15 is 0 Å². The van der Waals surface area contributed by atoms with Crippen molar-refractivity contribution in [2.75, 3.05) is 20.8 Å². The second-order valence-corrected chi connectivity index (χ2v) is 6.76. The Labute approximate surface area is 164 Å². The molecule has 1 amide bonds. The monoisotopic (exact) mass is 377 g/mol. The van der Waals surface area contributed by atoms with E-state index < -0.39 is 0 Å². The SMILES string of the molecule is COc1ccc(OC)c([C@@H]2CCCN2C(=O)c2ccc(-n3cccn3)cc2)c1. The van der Waals surface area contributed by atoms with Crippen molar-refractivity contribution in [1.82, 2.24) is 14.7 Å². The predicted molar refractivity (Wildman–Crippen MR) is 106 cm³/mol. The van der Waals surface area contributed by atoms with Crippen molar-refractivity contribution in [2.24, 2.45) is 0 Å². The fourth-order valence-corrected chi connectivity index (χ4v) is 3.78. The van der Waals surface area contributed by atoms with Gasteiger partial charge in [-0.1, -0.05) is 0 Å². The molecular weight excluding hydrogens is 354 g/mol. The fourth-order valence-electron chi connectivity index (χ4n) is 3.78. The van der Waals surface area contributed by atoms with E-state index in [-0.39, 0.29) is 11.9 Å². The van der Waals surface area contributed by atoms with Crippen LogP contribution < -0.4 is 9.47 Å². The molecule has 0 aliphatic carbocycles. The summed E-state index contributed by atoms with van der Waals surface area (Å²) in [6.45, 7) is 0.727. The summed E-state index contributed by atoms with van der Waals surface area (Å²) in [5, 5.41) is 4.22. The first-order valence-electron chi connectivity index (χ1n) is 9.34. The van der Waals surface area contributed by atoms with E-state index in [0.717, 1.165) is 42.1 Å². The van der Waals surface area contributed by atoms with Gasteiger partial charge in [-0.2, -0.15) is 5.10 Å². The van der Waals surface area contributed by atoms with Gasteiger partial charge in [-0.05, 0) is 61.4 Å². The maximum atomic E-state index is 13.2. The van der Waals surface area contributed by atoms with Crippen LogP contribution in [-0.2, 0) is 0 Å². The minimum atomic E-state index is -0.0247. The molecule has 0 radical (unpaired) electrons. The molecule has 6 nitrogen and oxygen atoms in total. The average Bonchev–Trinajstić information content (AvgIpc) is 3.45. The van der Waals surface area contributed by atoms with Gasteiger partial charge in [0, 0.05) is 30.1 Å². The molecule has 1 saturated heterocycles. The molecule has 1 aromatic heterocycles. The fraction of sp³-hybridized carbons (Fsp3) is 0.273. The molecule has 0 unspecified atom stereocenters. The largest absolute Gasteiger partial charge is 0.497 e. The van der Waals surface area contributed by atoms with Gasteiger partial charge in [-0.15, -0.1) is 0 Å². The van der Waals surface area contributed by atoms with Crippen LogP contribution >= 0.6 is 0 Å². The molecule has 1 aliphatic heterocycles. The lowest BCUT2D eigenvalue weighted by Gasteiger charge is -2.27. The van der Waals surface area contributed by atoms with E-state index in [1.54, 1.807) is 25.1 Å². The number of amides is 1. The van der Waals surface area contributed by atoms with Gasteiger partial charge >= 0.3 is 0 Å². The maximum Gasteiger partial charge on any atom is 0.254 e. The van der Waals surface area contributed by atoms with E-state index in [0.29, 0.717) is 5.56 Å². The molecule has 2 aromatic carbocycles. The van der Waals surface area contributed by atoms with Gasteiger partial charge in [-0.25, -0.2) is 4.68 Å². The standard InChI is InChI=1S/C22H23N3O3/c1-27-18-10-11-21(28-2)19(15-18)20-5-3-13-24(20)22(26)16-6-8-17(9-7-16)25-14-4-12-23-25/h4,6-12,14-15,20H,3,5,13H2,1-2H3/t20-/m0/s1. The Hall–Kier alpha value is -3.28. The molecule has 1 aliphatic rings. The van der Waals surface area contributed by atoms with Crippen molar-refractivity contribution in [3.63, 3.8) is 0 Å². The first kappa shape index (κ1) is 18.1. The number of rotatable bonds is 5. The number of benzene rings is 2. The van der Waals surface area contributed by atoms with E-state index in [2.05, 4.69) is 5.10 Å². The van der Waals surface area contributed by atoms with E-state index in [4.69, 9.17) is 9.47 Å². The van der Waals surface area contributed by atoms with Gasteiger partial charge in [0.25, 0.3) is 5.91 Å². The highest BCUT2D eigenvalue weighted by molar-refractivity contribution is 5.95. The number of ether oxygens (including phenoxy) is 2. The van der Waals surface area contributed by atoms with Crippen LogP contribution in [0.4, 0.5) is 0 Å². The first-order chi connectivity index (χ1) is 13.7. The van der Waals surface area contributed by atoms with Crippen molar-refractivity contribution in [3.8, 4) is 17.2 Å². The number of hydrogen-bond acceptors (Lipinski definition) is 4. The van der Waals surface area contributed by atoms with Crippen molar-refractivity contribution < 1.29 is 14.3 Å². The van der Waals surface area contributed by atoms with Gasteiger partial charge < -0.3 is 14.4 Å². The molecule has 1 fully saturated rings. The zero-order valence-electron chi connectivity index (χ0n) is 16.0. The van der Waals surface area contributed by atoms with Crippen LogP contribution in [0, 0.1) is 0 Å². The second-order valence-electron chi connectivity index (χ2n) is 6.76. The lowest BCUT2D eigenvalue weighted by atomic mass is 10.0. The van der Waals surface area contributed by atoms with Crippen LogP contribution in [0.5, 0.6) is 11.5 Å². The summed E-state index contributed by atoms with van der Waals surface area (Å²) in [6, 6.07) is 15.1. The van der Waals surface area contributed by atoms with E-state index in [1.807, 2.05) is 59.6 Å². The Kier molecular flexibility index (Phi) is 5.02. The van der Waals surface area contributed by atoms with Gasteiger partial charge in [0.05, 0.1) is 25.9 Å². The molecule has 1 atom stereocenters. The van der Waals surface area contributed by atoms with Crippen molar-refractivity contribution >= 4 is 5.91 Å². The Morgan fingerprint density at radius 2 is 1.93 bits per heavy atom. The third kappa shape index (κ3) is 3.33. The van der Waals surface area contributed by atoms with Crippen LogP contribution in [0.3, 0.4) is 0 Å². The van der Waals surface area contributed by atoms with E-state index in [9.17, 15) is 4.79 Å². The highest BCUT2D eigenvalue weighted by Gasteiger charge is 2.32. The number of hydrogen-bond donors (Lipinski definition) is 0. The molecule has 3 aromatic rings. The Morgan fingerprint density at radius 1 is 1.11 bits per heavy atom. The first-order valence-corrected chi connectivity index (χ1v) is 9.34. The van der Waals surface area contributed by atoms with Crippen LogP contribution in [0.1, 0.15) is 34.8 Å². The summed E-state index contributed by atoms with van der Waals surface area (Å²) >= 11 is 0. The zero-order valence-corrected chi connectivity index (χ0v) is 16.0.